The molecule has 0 aliphatic carbocycles. The summed E-state index contributed by atoms with van der Waals surface area (Å²) in [4.78, 5) is 25.6. The number of rotatable bonds is 6. The van der Waals surface area contributed by atoms with Crippen molar-refractivity contribution in [1.82, 2.24) is 4.90 Å². The highest BCUT2D eigenvalue weighted by molar-refractivity contribution is 5.81. The van der Waals surface area contributed by atoms with Crippen molar-refractivity contribution >= 4 is 11.9 Å². The number of carboxylic acids is 1. The Morgan fingerprint density at radius 1 is 1.42 bits per heavy atom. The summed E-state index contributed by atoms with van der Waals surface area (Å²) in [6.07, 6.45) is 3.59. The van der Waals surface area contributed by atoms with Gasteiger partial charge < -0.3 is 15.7 Å². The first kappa shape index (κ1) is 16.0. The van der Waals surface area contributed by atoms with Gasteiger partial charge in [-0.25, -0.2) is 0 Å². The normalized spacial score (nSPS) is 25.1. The number of amides is 1. The Labute approximate surface area is 115 Å². The molecule has 0 radical (unpaired) electrons. The lowest BCUT2D eigenvalue weighted by atomic mass is 9.76. The second-order valence-corrected chi connectivity index (χ2v) is 5.54. The number of carbonyl (C=O) groups is 2. The van der Waals surface area contributed by atoms with E-state index in [1.54, 1.807) is 4.90 Å². The zero-order chi connectivity index (χ0) is 14.5. The van der Waals surface area contributed by atoms with Gasteiger partial charge in [-0.15, -0.1) is 0 Å². The summed E-state index contributed by atoms with van der Waals surface area (Å²) < 4.78 is 0. The third kappa shape index (κ3) is 3.47. The smallest absolute Gasteiger partial charge is 0.311 e. The van der Waals surface area contributed by atoms with Crippen molar-refractivity contribution < 1.29 is 14.7 Å². The van der Waals surface area contributed by atoms with Crippen LogP contribution in [0.25, 0.3) is 0 Å². The van der Waals surface area contributed by atoms with Gasteiger partial charge in [-0.1, -0.05) is 20.3 Å². The third-order valence-corrected chi connectivity index (χ3v) is 4.20. The van der Waals surface area contributed by atoms with Crippen LogP contribution < -0.4 is 5.73 Å². The Kier molecular flexibility index (Phi) is 5.79. The van der Waals surface area contributed by atoms with Crippen LogP contribution in [0.2, 0.25) is 0 Å². The van der Waals surface area contributed by atoms with Crippen LogP contribution in [0, 0.1) is 11.3 Å². The first-order valence-electron chi connectivity index (χ1n) is 7.23. The minimum Gasteiger partial charge on any atom is -0.481 e. The van der Waals surface area contributed by atoms with Crippen LogP contribution in [0.15, 0.2) is 0 Å². The van der Waals surface area contributed by atoms with Crippen molar-refractivity contribution in [2.24, 2.45) is 17.1 Å². The summed E-state index contributed by atoms with van der Waals surface area (Å²) >= 11 is 0. The highest BCUT2D eigenvalue weighted by Gasteiger charge is 2.43. The van der Waals surface area contributed by atoms with E-state index in [4.69, 9.17) is 5.73 Å². The molecular formula is C14H26N2O3. The van der Waals surface area contributed by atoms with Crippen LogP contribution in [-0.4, -0.2) is 41.5 Å². The molecule has 1 fully saturated rings. The summed E-state index contributed by atoms with van der Waals surface area (Å²) in [5.74, 6) is -0.926. The standard InChI is InChI=1S/C14H26N2O3/c1-3-6-14(13(18)19)7-5-8-16(10-14)12(17)11(4-2)9-15/h11H,3-10,15H2,1-2H3,(H,18,19). The molecule has 2 unspecified atom stereocenters. The van der Waals surface area contributed by atoms with E-state index in [0.717, 1.165) is 12.8 Å². The Bertz CT molecular complexity index is 325. The van der Waals surface area contributed by atoms with Crippen LogP contribution in [0.5, 0.6) is 0 Å². The maximum atomic E-state index is 12.3. The number of nitrogens with two attached hydrogens (primary N) is 1. The van der Waals surface area contributed by atoms with Crippen molar-refractivity contribution in [2.45, 2.75) is 46.0 Å². The van der Waals surface area contributed by atoms with E-state index in [9.17, 15) is 14.7 Å². The minimum atomic E-state index is -0.771. The fourth-order valence-electron chi connectivity index (χ4n) is 2.98. The highest BCUT2D eigenvalue weighted by atomic mass is 16.4. The van der Waals surface area contributed by atoms with Crippen LogP contribution in [-0.2, 0) is 9.59 Å². The van der Waals surface area contributed by atoms with E-state index in [-0.39, 0.29) is 11.8 Å². The van der Waals surface area contributed by atoms with E-state index >= 15 is 0 Å². The third-order valence-electron chi connectivity index (χ3n) is 4.20. The average molecular weight is 270 g/mol. The van der Waals surface area contributed by atoms with Crippen molar-refractivity contribution in [3.05, 3.63) is 0 Å². The molecule has 0 aromatic carbocycles. The van der Waals surface area contributed by atoms with Gasteiger partial charge in [-0.2, -0.15) is 0 Å². The first-order chi connectivity index (χ1) is 9.00. The first-order valence-corrected chi connectivity index (χ1v) is 7.23. The zero-order valence-corrected chi connectivity index (χ0v) is 12.0. The molecule has 1 aliphatic rings. The van der Waals surface area contributed by atoms with Crippen molar-refractivity contribution in [3.8, 4) is 0 Å². The molecule has 1 heterocycles. The Morgan fingerprint density at radius 3 is 2.58 bits per heavy atom. The summed E-state index contributed by atoms with van der Waals surface area (Å²) in [6.45, 7) is 5.26. The number of nitrogens with zero attached hydrogens (tertiary/aromatic N) is 1. The SMILES string of the molecule is CCCC1(C(=O)O)CCCN(C(=O)C(CC)CN)C1. The maximum Gasteiger partial charge on any atom is 0.311 e. The van der Waals surface area contributed by atoms with E-state index in [1.807, 2.05) is 13.8 Å². The molecule has 0 spiro atoms. The molecule has 0 aromatic heterocycles. The van der Waals surface area contributed by atoms with Crippen molar-refractivity contribution in [1.29, 1.82) is 0 Å². The van der Waals surface area contributed by atoms with Gasteiger partial charge in [0.05, 0.1) is 11.3 Å². The molecule has 1 saturated heterocycles. The molecule has 3 N–H and O–H groups in total. The predicted octanol–water partition coefficient (Wildman–Crippen LogP) is 1.46. The quantitative estimate of drug-likeness (QED) is 0.765. The van der Waals surface area contributed by atoms with Gasteiger partial charge in [0.1, 0.15) is 0 Å². The fourth-order valence-corrected chi connectivity index (χ4v) is 2.98. The Hall–Kier alpha value is -1.10. The lowest BCUT2D eigenvalue weighted by Gasteiger charge is -2.41. The molecule has 1 rings (SSSR count). The second kappa shape index (κ2) is 6.89. The molecule has 1 aliphatic heterocycles. The Morgan fingerprint density at radius 2 is 2.11 bits per heavy atom. The monoisotopic (exact) mass is 270 g/mol. The number of hydrogen-bond donors (Lipinski definition) is 2. The number of aliphatic carboxylic acids is 1. The second-order valence-electron chi connectivity index (χ2n) is 5.54. The van der Waals surface area contributed by atoms with E-state index in [0.29, 0.717) is 38.9 Å². The van der Waals surface area contributed by atoms with Crippen LogP contribution in [0.3, 0.4) is 0 Å². The summed E-state index contributed by atoms with van der Waals surface area (Å²) in [5.41, 5.74) is 4.86. The largest absolute Gasteiger partial charge is 0.481 e. The van der Waals surface area contributed by atoms with E-state index < -0.39 is 11.4 Å². The van der Waals surface area contributed by atoms with Crippen LogP contribution in [0.4, 0.5) is 0 Å². The van der Waals surface area contributed by atoms with Gasteiger partial charge in [-0.05, 0) is 25.7 Å². The topological polar surface area (TPSA) is 83.6 Å². The van der Waals surface area contributed by atoms with Gasteiger partial charge in [-0.3, -0.25) is 9.59 Å². The van der Waals surface area contributed by atoms with Gasteiger partial charge in [0.15, 0.2) is 0 Å². The molecule has 5 heteroatoms. The number of hydrogen-bond acceptors (Lipinski definition) is 3. The lowest BCUT2D eigenvalue weighted by Crippen LogP contribution is -2.52. The van der Waals surface area contributed by atoms with Crippen molar-refractivity contribution in [2.75, 3.05) is 19.6 Å². The molecule has 19 heavy (non-hydrogen) atoms. The number of piperidine rings is 1. The fraction of sp³-hybridized carbons (Fsp3) is 0.857. The van der Waals surface area contributed by atoms with E-state index in [1.165, 1.54) is 0 Å². The number of carboxylic acid groups (broad SMARTS) is 1. The van der Waals surface area contributed by atoms with Crippen LogP contribution >= 0.6 is 0 Å². The molecule has 0 aromatic rings. The molecule has 1 amide bonds. The van der Waals surface area contributed by atoms with E-state index in [2.05, 4.69) is 0 Å². The van der Waals surface area contributed by atoms with Gasteiger partial charge in [0.25, 0.3) is 0 Å². The predicted molar refractivity (Wildman–Crippen MR) is 73.6 cm³/mol. The average Bonchev–Trinajstić information content (AvgIpc) is 2.40. The minimum absolute atomic E-state index is 0.0198. The number of likely N-dealkylation sites (tertiary alicyclic amines) is 1. The summed E-state index contributed by atoms with van der Waals surface area (Å²) in [5, 5.41) is 9.51. The summed E-state index contributed by atoms with van der Waals surface area (Å²) in [6, 6.07) is 0. The summed E-state index contributed by atoms with van der Waals surface area (Å²) in [7, 11) is 0. The van der Waals surface area contributed by atoms with Crippen LogP contribution in [0.1, 0.15) is 46.0 Å². The van der Waals surface area contributed by atoms with Gasteiger partial charge in [0.2, 0.25) is 5.91 Å². The lowest BCUT2D eigenvalue weighted by molar-refractivity contribution is -0.156. The molecule has 110 valence electrons. The zero-order valence-electron chi connectivity index (χ0n) is 12.0. The highest BCUT2D eigenvalue weighted by Crippen LogP contribution is 2.35. The van der Waals surface area contributed by atoms with Crippen molar-refractivity contribution in [3.63, 3.8) is 0 Å². The molecule has 5 nitrogen and oxygen atoms in total. The maximum absolute atomic E-state index is 12.3. The molecule has 0 saturated carbocycles. The molecular weight excluding hydrogens is 244 g/mol. The number of carbonyl (C=O) groups excluding carboxylic acids is 1. The molecule has 0 bridgehead atoms. The molecule has 2 atom stereocenters. The Balaban J connectivity index is 2.82. The van der Waals surface area contributed by atoms with Gasteiger partial charge in [0, 0.05) is 19.6 Å². The van der Waals surface area contributed by atoms with Gasteiger partial charge >= 0.3 is 5.97 Å².